The molecule has 2 fully saturated rings. The van der Waals surface area contributed by atoms with Gasteiger partial charge >= 0.3 is 0 Å². The van der Waals surface area contributed by atoms with Crippen molar-refractivity contribution in [3.63, 3.8) is 0 Å². The number of carbonyl (C=O) groups is 3. The number of halogens is 2. The molecule has 0 radical (unpaired) electrons. The van der Waals surface area contributed by atoms with Crippen LogP contribution in [0.5, 0.6) is 0 Å². The lowest BCUT2D eigenvalue weighted by Gasteiger charge is -2.08. The van der Waals surface area contributed by atoms with Gasteiger partial charge in [0.25, 0.3) is 0 Å². The van der Waals surface area contributed by atoms with E-state index in [1.54, 1.807) is 12.1 Å². The summed E-state index contributed by atoms with van der Waals surface area (Å²) < 4.78 is -0.938. The Labute approximate surface area is 137 Å². The normalized spacial score (nSPS) is 25.7. The highest BCUT2D eigenvalue weighted by atomic mass is 35.5. The standard InChI is InChI=1S/C15H14Cl2N2O3/c16-15(17)7-11(15)14(22)18-10-3-1-8(2-4-10)5-9-6-12(20)19-13(9)21/h1-4,9,11H,5-7H2,(H,18,22)(H,19,20,21)/t9-,11+/m0/s1. The third kappa shape index (κ3) is 3.25. The molecule has 1 aliphatic heterocycles. The Morgan fingerprint density at radius 3 is 2.41 bits per heavy atom. The molecule has 1 heterocycles. The number of alkyl halides is 2. The molecule has 0 spiro atoms. The van der Waals surface area contributed by atoms with Gasteiger partial charge in [0.05, 0.1) is 11.8 Å². The molecule has 2 atom stereocenters. The summed E-state index contributed by atoms with van der Waals surface area (Å²) in [6, 6.07) is 7.17. The van der Waals surface area contributed by atoms with Crippen LogP contribution in [0.15, 0.2) is 24.3 Å². The second-order valence-corrected chi connectivity index (χ2v) is 7.26. The summed E-state index contributed by atoms with van der Waals surface area (Å²) in [4.78, 5) is 34.5. The number of hydrogen-bond acceptors (Lipinski definition) is 3. The van der Waals surface area contributed by atoms with Crippen LogP contribution in [-0.4, -0.2) is 22.1 Å². The van der Waals surface area contributed by atoms with Crippen LogP contribution in [0.1, 0.15) is 18.4 Å². The van der Waals surface area contributed by atoms with E-state index in [4.69, 9.17) is 23.2 Å². The molecule has 1 saturated heterocycles. The molecule has 1 aromatic rings. The number of nitrogens with one attached hydrogen (secondary N) is 2. The lowest BCUT2D eigenvalue weighted by atomic mass is 9.98. The van der Waals surface area contributed by atoms with E-state index in [-0.39, 0.29) is 36.0 Å². The molecule has 1 saturated carbocycles. The van der Waals surface area contributed by atoms with Crippen LogP contribution in [0.4, 0.5) is 5.69 Å². The third-order valence-corrected chi connectivity index (χ3v) is 4.75. The molecule has 116 valence electrons. The van der Waals surface area contributed by atoms with Gasteiger partial charge in [-0.3, -0.25) is 19.7 Å². The predicted molar refractivity (Wildman–Crippen MR) is 82.6 cm³/mol. The van der Waals surface area contributed by atoms with Gasteiger partial charge in [-0.05, 0) is 30.5 Å². The lowest BCUT2D eigenvalue weighted by molar-refractivity contribution is -0.125. The van der Waals surface area contributed by atoms with E-state index >= 15 is 0 Å². The lowest BCUT2D eigenvalue weighted by Crippen LogP contribution is -2.22. The van der Waals surface area contributed by atoms with Crippen LogP contribution in [0.25, 0.3) is 0 Å². The molecule has 0 aromatic heterocycles. The number of hydrogen-bond donors (Lipinski definition) is 2. The first-order valence-corrected chi connectivity index (χ1v) is 7.72. The highest BCUT2D eigenvalue weighted by molar-refractivity contribution is 6.52. The van der Waals surface area contributed by atoms with Crippen molar-refractivity contribution in [2.24, 2.45) is 11.8 Å². The van der Waals surface area contributed by atoms with Crippen molar-refractivity contribution in [3.05, 3.63) is 29.8 Å². The first-order chi connectivity index (χ1) is 10.3. The number of amides is 3. The van der Waals surface area contributed by atoms with Crippen molar-refractivity contribution in [3.8, 4) is 0 Å². The number of anilines is 1. The number of benzene rings is 1. The smallest absolute Gasteiger partial charge is 0.230 e. The molecule has 3 amide bonds. The van der Waals surface area contributed by atoms with E-state index in [0.717, 1.165) is 5.56 Å². The quantitative estimate of drug-likeness (QED) is 0.650. The van der Waals surface area contributed by atoms with Gasteiger partial charge in [0, 0.05) is 12.1 Å². The fraction of sp³-hybridized carbons (Fsp3) is 0.400. The Balaban J connectivity index is 1.57. The summed E-state index contributed by atoms with van der Waals surface area (Å²) in [6.45, 7) is 0. The minimum absolute atomic E-state index is 0.196. The summed E-state index contributed by atoms with van der Waals surface area (Å²) in [5.74, 6) is -1.33. The highest BCUT2D eigenvalue weighted by Gasteiger charge is 2.56. The van der Waals surface area contributed by atoms with Crippen LogP contribution in [0.2, 0.25) is 0 Å². The van der Waals surface area contributed by atoms with Gasteiger partial charge < -0.3 is 5.32 Å². The SMILES string of the molecule is O=C1C[C@H](Cc2ccc(NC(=O)[C@H]3CC3(Cl)Cl)cc2)C(=O)N1. The van der Waals surface area contributed by atoms with E-state index < -0.39 is 4.33 Å². The van der Waals surface area contributed by atoms with Crippen molar-refractivity contribution < 1.29 is 14.4 Å². The fourth-order valence-electron chi connectivity index (χ4n) is 2.51. The first kappa shape index (κ1) is 15.3. The Kier molecular flexibility index (Phi) is 3.87. The second kappa shape index (κ2) is 5.56. The Morgan fingerprint density at radius 2 is 1.91 bits per heavy atom. The predicted octanol–water partition coefficient (Wildman–Crippen LogP) is 2.02. The Hall–Kier alpha value is -1.59. The Bertz CT molecular complexity index is 643. The molecule has 2 aliphatic rings. The van der Waals surface area contributed by atoms with E-state index in [9.17, 15) is 14.4 Å². The zero-order valence-electron chi connectivity index (χ0n) is 11.6. The van der Waals surface area contributed by atoms with E-state index in [2.05, 4.69) is 10.6 Å². The average molecular weight is 341 g/mol. The molecule has 0 unspecified atom stereocenters. The second-order valence-electron chi connectivity index (χ2n) is 5.72. The average Bonchev–Trinajstić information content (AvgIpc) is 2.97. The molecule has 3 rings (SSSR count). The van der Waals surface area contributed by atoms with Gasteiger partial charge in [-0.15, -0.1) is 23.2 Å². The van der Waals surface area contributed by atoms with Crippen molar-refractivity contribution in [1.29, 1.82) is 0 Å². The maximum Gasteiger partial charge on any atom is 0.230 e. The van der Waals surface area contributed by atoms with Crippen LogP contribution < -0.4 is 10.6 Å². The van der Waals surface area contributed by atoms with Crippen LogP contribution in [0.3, 0.4) is 0 Å². The van der Waals surface area contributed by atoms with E-state index in [1.165, 1.54) is 0 Å². The maximum absolute atomic E-state index is 11.9. The molecule has 5 nitrogen and oxygen atoms in total. The number of imide groups is 1. The first-order valence-electron chi connectivity index (χ1n) is 6.96. The van der Waals surface area contributed by atoms with E-state index in [0.29, 0.717) is 18.5 Å². The number of carbonyl (C=O) groups excluding carboxylic acids is 3. The highest BCUT2D eigenvalue weighted by Crippen LogP contribution is 2.53. The molecule has 22 heavy (non-hydrogen) atoms. The summed E-state index contributed by atoms with van der Waals surface area (Å²) in [6.07, 6.45) is 1.19. The molecular formula is C15H14Cl2N2O3. The van der Waals surface area contributed by atoms with Gasteiger partial charge in [-0.2, -0.15) is 0 Å². The van der Waals surface area contributed by atoms with Crippen LogP contribution >= 0.6 is 23.2 Å². The molecule has 1 aliphatic carbocycles. The summed E-state index contributed by atoms with van der Waals surface area (Å²) in [5.41, 5.74) is 1.58. The zero-order valence-corrected chi connectivity index (χ0v) is 13.1. The minimum atomic E-state index is -0.938. The fourth-order valence-corrected chi connectivity index (χ4v) is 3.01. The molecular weight excluding hydrogens is 327 g/mol. The van der Waals surface area contributed by atoms with Crippen LogP contribution in [-0.2, 0) is 20.8 Å². The van der Waals surface area contributed by atoms with Crippen LogP contribution in [0, 0.1) is 11.8 Å². The summed E-state index contributed by atoms with van der Waals surface area (Å²) >= 11 is 11.7. The largest absolute Gasteiger partial charge is 0.326 e. The molecule has 7 heteroatoms. The molecule has 0 bridgehead atoms. The molecule has 2 N–H and O–H groups in total. The number of rotatable bonds is 4. The van der Waals surface area contributed by atoms with Gasteiger partial charge in [0.1, 0.15) is 4.33 Å². The topological polar surface area (TPSA) is 75.3 Å². The monoisotopic (exact) mass is 340 g/mol. The van der Waals surface area contributed by atoms with Crippen molar-refractivity contribution in [1.82, 2.24) is 5.32 Å². The van der Waals surface area contributed by atoms with Crippen molar-refractivity contribution in [2.45, 2.75) is 23.6 Å². The maximum atomic E-state index is 11.9. The minimum Gasteiger partial charge on any atom is -0.326 e. The van der Waals surface area contributed by atoms with Crippen molar-refractivity contribution in [2.75, 3.05) is 5.32 Å². The third-order valence-electron chi connectivity index (χ3n) is 3.91. The van der Waals surface area contributed by atoms with Gasteiger partial charge in [-0.25, -0.2) is 0 Å². The Morgan fingerprint density at radius 1 is 1.27 bits per heavy atom. The van der Waals surface area contributed by atoms with Crippen molar-refractivity contribution >= 4 is 46.6 Å². The van der Waals surface area contributed by atoms with Gasteiger partial charge in [0.15, 0.2) is 0 Å². The summed E-state index contributed by atoms with van der Waals surface area (Å²) in [7, 11) is 0. The summed E-state index contributed by atoms with van der Waals surface area (Å²) in [5, 5.41) is 5.05. The zero-order chi connectivity index (χ0) is 15.9. The van der Waals surface area contributed by atoms with Gasteiger partial charge in [-0.1, -0.05) is 12.1 Å². The van der Waals surface area contributed by atoms with Gasteiger partial charge in [0.2, 0.25) is 17.7 Å². The van der Waals surface area contributed by atoms with E-state index in [1.807, 2.05) is 12.1 Å². The molecule has 1 aromatic carbocycles.